The van der Waals surface area contributed by atoms with Crippen molar-refractivity contribution in [2.24, 2.45) is 0 Å². The van der Waals surface area contributed by atoms with Crippen LogP contribution in [0.1, 0.15) is 0 Å². The van der Waals surface area contributed by atoms with Crippen LogP contribution < -0.4 is 0 Å². The minimum absolute atomic E-state index is 0.926. The first-order valence-electron chi connectivity index (χ1n) is 31.2. The Bertz CT molecular complexity index is 6470. The summed E-state index contributed by atoms with van der Waals surface area (Å²) in [7, 11) is 0. The van der Waals surface area contributed by atoms with Crippen molar-refractivity contribution in [1.82, 2.24) is 0 Å². The number of rotatable bonds is 1. The van der Waals surface area contributed by atoms with E-state index in [-0.39, 0.29) is 0 Å². The first-order valence-corrected chi connectivity index (χ1v) is 37.6. The summed E-state index contributed by atoms with van der Waals surface area (Å²) in [5, 5.41) is 25.5. The molecule has 96 heavy (non-hydrogen) atoms. The molecule has 5 aromatic heterocycles. The number of para-hydroxylation sites is 1. The predicted molar refractivity (Wildman–Crippen MR) is 437 cm³/mol. The highest BCUT2D eigenvalue weighted by atomic mass is 79.9. The van der Waals surface area contributed by atoms with Gasteiger partial charge in [0.05, 0.1) is 0 Å². The van der Waals surface area contributed by atoms with Gasteiger partial charge in [-0.25, -0.2) is 0 Å². The third-order valence-electron chi connectivity index (χ3n) is 17.7. The van der Waals surface area contributed by atoms with Crippen molar-refractivity contribution in [3.05, 3.63) is 320 Å². The summed E-state index contributed by atoms with van der Waals surface area (Å²) < 4.78 is 25.5. The fraction of sp³-hybridized carbons (Fsp3) is 0. The molecule has 0 radical (unpaired) electrons. The molecule has 0 saturated carbocycles. The molecule has 5 heterocycles. The number of fused-ring (bicyclic) bond motifs is 20. The largest absolute Gasteiger partial charge is 0.456 e. The monoisotopic (exact) mass is 1600 g/mol. The molecule has 0 aliphatic rings. The molecule has 0 saturated heterocycles. The van der Waals surface area contributed by atoms with Gasteiger partial charge in [-0.15, -0.1) is 34.0 Å². The van der Waals surface area contributed by atoms with E-state index in [2.05, 4.69) is 334 Å². The van der Waals surface area contributed by atoms with Crippen LogP contribution in [0.2, 0.25) is 0 Å². The van der Waals surface area contributed by atoms with Crippen molar-refractivity contribution in [2.45, 2.75) is 0 Å². The number of benzene rings is 16. The third kappa shape index (κ3) is 11.8. The highest BCUT2D eigenvalue weighted by molar-refractivity contribution is 9.11. The molecule has 0 aliphatic carbocycles. The van der Waals surface area contributed by atoms with E-state index < -0.39 is 0 Å². The van der Waals surface area contributed by atoms with E-state index in [0.717, 1.165) is 51.0 Å². The Morgan fingerprint density at radius 2 is 0.635 bits per heavy atom. The van der Waals surface area contributed by atoms with E-state index in [0.29, 0.717) is 0 Å². The maximum absolute atomic E-state index is 5.91. The molecule has 0 aliphatic heterocycles. The lowest BCUT2D eigenvalue weighted by molar-refractivity contribution is 0.669. The number of furan rings is 2. The first-order chi connectivity index (χ1) is 47.0. The van der Waals surface area contributed by atoms with Gasteiger partial charge < -0.3 is 8.83 Å². The summed E-state index contributed by atoms with van der Waals surface area (Å²) in [5.41, 5.74) is 6.26. The first kappa shape index (κ1) is 61.1. The van der Waals surface area contributed by atoms with Crippen molar-refractivity contribution >= 4 is 272 Å². The molecule has 0 fully saturated rings. The Morgan fingerprint density at radius 1 is 0.198 bits per heavy atom. The topological polar surface area (TPSA) is 26.3 Å². The number of thiophene rings is 3. The predicted octanol–water partition coefficient (Wildman–Crippen LogP) is 30.6. The van der Waals surface area contributed by atoms with Crippen LogP contribution in [-0.2, 0) is 0 Å². The van der Waals surface area contributed by atoms with E-state index in [9.17, 15) is 0 Å². The Labute approximate surface area is 605 Å². The number of hydrogen-bond donors (Lipinski definition) is 0. The van der Waals surface area contributed by atoms with Crippen LogP contribution in [0.15, 0.2) is 328 Å². The smallest absolute Gasteiger partial charge is 0.136 e. The molecule has 0 N–H and O–H groups in total. The molecule has 0 unspecified atom stereocenters. The van der Waals surface area contributed by atoms with Gasteiger partial charge in [-0.2, -0.15) is 0 Å². The molecule has 0 bridgehead atoms. The van der Waals surface area contributed by atoms with Crippen LogP contribution >= 0.6 is 114 Å². The molecule has 21 rings (SSSR count). The highest BCUT2D eigenvalue weighted by Gasteiger charge is 2.14. The fourth-order valence-electron chi connectivity index (χ4n) is 13.1. The van der Waals surface area contributed by atoms with Gasteiger partial charge in [-0.1, -0.05) is 237 Å². The summed E-state index contributed by atoms with van der Waals surface area (Å²) in [5.74, 6) is 0. The van der Waals surface area contributed by atoms with Gasteiger partial charge in [0.15, 0.2) is 0 Å². The van der Waals surface area contributed by atoms with Crippen LogP contribution in [0.5, 0.6) is 0 Å². The van der Waals surface area contributed by atoms with Crippen LogP contribution in [0.3, 0.4) is 0 Å². The van der Waals surface area contributed by atoms with E-state index in [1.165, 1.54) is 141 Å². The van der Waals surface area contributed by atoms with E-state index in [4.69, 9.17) is 8.83 Å². The average molecular weight is 1610 g/mol. The van der Waals surface area contributed by atoms with Gasteiger partial charge in [-0.3, -0.25) is 0 Å². The zero-order valence-electron chi connectivity index (χ0n) is 50.7. The molecule has 0 spiro atoms. The van der Waals surface area contributed by atoms with Gasteiger partial charge in [0.2, 0.25) is 0 Å². The second-order valence-electron chi connectivity index (χ2n) is 23.7. The Hall–Kier alpha value is -8.52. The lowest BCUT2D eigenvalue weighted by Crippen LogP contribution is -1.78. The van der Waals surface area contributed by atoms with Crippen molar-refractivity contribution in [1.29, 1.82) is 0 Å². The SMILES string of the molecule is Brc1ccc2c(c1)sc1cc3ccccc3cc12.Brc1ccc2cc3c(cc2c1)oc1ccccc13.Brc1cccc(-c2ccc3sc4cc5ccccc5cc4c3c2)c1.Brc1cccc2oc3cc4ccccc4cc3c12.Brc1cccc2sc3cc4ccccc4cc3c12. The molecule has 0 atom stereocenters. The van der Waals surface area contributed by atoms with Crippen LogP contribution in [-0.4, -0.2) is 0 Å². The Balaban J connectivity index is 0.0000000912. The minimum Gasteiger partial charge on any atom is -0.456 e. The maximum atomic E-state index is 5.91. The van der Waals surface area contributed by atoms with Gasteiger partial charge >= 0.3 is 0 Å². The van der Waals surface area contributed by atoms with Crippen LogP contribution in [0.4, 0.5) is 0 Å². The summed E-state index contributed by atoms with van der Waals surface area (Å²) in [6.07, 6.45) is 0. The summed E-state index contributed by atoms with van der Waals surface area (Å²) in [6.45, 7) is 0. The zero-order chi connectivity index (χ0) is 64.5. The Morgan fingerprint density at radius 3 is 1.32 bits per heavy atom. The average Bonchev–Trinajstić information content (AvgIpc) is 1.65. The Kier molecular flexibility index (Phi) is 16.4. The fourth-order valence-corrected chi connectivity index (χ4v) is 19.1. The molecule has 21 aromatic rings. The third-order valence-corrected chi connectivity index (χ3v) is 23.9. The van der Waals surface area contributed by atoms with Crippen molar-refractivity contribution in [3.8, 4) is 11.1 Å². The van der Waals surface area contributed by atoms with Crippen molar-refractivity contribution in [3.63, 3.8) is 0 Å². The molecule has 2 nitrogen and oxygen atoms in total. The van der Waals surface area contributed by atoms with Gasteiger partial charge in [-0.05, 0) is 205 Å². The van der Waals surface area contributed by atoms with Gasteiger partial charge in [0.1, 0.15) is 22.3 Å². The number of hydrogen-bond acceptors (Lipinski definition) is 5. The quantitative estimate of drug-likeness (QED) is 0.164. The standard InChI is InChI=1S/C22H13BrS.2C16H9BrO.2C16H9BrS/c23-18-7-3-6-14(10-18)17-8-9-21-19(12-17)20-11-15-4-1-2-5-16(15)13-22(20)24-21;17-13-6-3-7-14-16(13)12-8-10-4-1-2-5-11(10)9-15(12)18-14;17-12-6-5-10-8-14-13-3-1-2-4-15(13)18-16(14)9-11(10)7-12;17-13-6-3-7-14-16(13)12-8-10-4-1-2-5-11(10)9-15(12)18-14;17-12-5-6-13-14-7-10-3-1-2-4-11(10)8-15(14)18-16(13)9-12/h1-13H;4*1-9H. The highest BCUT2D eigenvalue weighted by Crippen LogP contribution is 2.43. The van der Waals surface area contributed by atoms with E-state index in [1.54, 1.807) is 0 Å². The van der Waals surface area contributed by atoms with Crippen LogP contribution in [0, 0.1) is 0 Å². The minimum atomic E-state index is 0.926. The maximum Gasteiger partial charge on any atom is 0.136 e. The zero-order valence-corrected chi connectivity index (χ0v) is 61.1. The summed E-state index contributed by atoms with van der Waals surface area (Å²) in [6, 6.07) is 105. The summed E-state index contributed by atoms with van der Waals surface area (Å²) >= 11 is 23.5. The van der Waals surface area contributed by atoms with E-state index in [1.807, 2.05) is 76.5 Å². The molecule has 0 amide bonds. The van der Waals surface area contributed by atoms with Crippen LogP contribution in [0.25, 0.3) is 169 Å². The molecular weight excluding hydrogens is 1560 g/mol. The molecule has 10 heteroatoms. The number of halogens is 5. The van der Waals surface area contributed by atoms with Crippen molar-refractivity contribution < 1.29 is 8.83 Å². The second-order valence-corrected chi connectivity index (χ2v) is 31.4. The van der Waals surface area contributed by atoms with Gasteiger partial charge in [0.25, 0.3) is 0 Å². The lowest BCUT2D eigenvalue weighted by atomic mass is 10.0. The summed E-state index contributed by atoms with van der Waals surface area (Å²) in [4.78, 5) is 0. The second kappa shape index (κ2) is 25.8. The lowest BCUT2D eigenvalue weighted by Gasteiger charge is -2.03. The molecule has 16 aromatic carbocycles. The van der Waals surface area contributed by atoms with Gasteiger partial charge in [0, 0.05) is 104 Å². The van der Waals surface area contributed by atoms with Crippen molar-refractivity contribution in [2.75, 3.05) is 0 Å². The van der Waals surface area contributed by atoms with E-state index >= 15 is 0 Å². The normalized spacial score (nSPS) is 11.6. The molecule has 458 valence electrons. The molecular formula is C86H49Br5O2S3.